The van der Waals surface area contributed by atoms with Crippen LogP contribution in [0, 0.1) is 0 Å². The van der Waals surface area contributed by atoms with Gasteiger partial charge in [-0.3, -0.25) is 14.5 Å². The molecule has 1 N–H and O–H groups in total. The molecule has 0 saturated heterocycles. The van der Waals surface area contributed by atoms with E-state index >= 15 is 0 Å². The van der Waals surface area contributed by atoms with Crippen molar-refractivity contribution in [2.45, 2.75) is 18.2 Å². The smallest absolute Gasteiger partial charge is 0.223 e. The van der Waals surface area contributed by atoms with Crippen LogP contribution in [0.2, 0.25) is 5.02 Å². The normalized spacial score (nSPS) is 14.5. The van der Waals surface area contributed by atoms with Crippen LogP contribution < -0.4 is 9.62 Å². The molecule has 1 unspecified atom stereocenters. The second kappa shape index (κ2) is 6.02. The summed E-state index contributed by atoms with van der Waals surface area (Å²) in [6.45, 7) is 2.13. The first-order valence-corrected chi connectivity index (χ1v) is 8.14. The largest absolute Gasteiger partial charge is 0.312 e. The van der Waals surface area contributed by atoms with Crippen molar-refractivity contribution in [1.29, 1.82) is 0 Å². The lowest BCUT2D eigenvalue weighted by Crippen LogP contribution is -2.25. The quantitative estimate of drug-likeness (QED) is 0.932. The summed E-state index contributed by atoms with van der Waals surface area (Å²) in [7, 11) is -1.59. The van der Waals surface area contributed by atoms with E-state index in [1.807, 2.05) is 0 Å². The third-order valence-corrected chi connectivity index (χ3v) is 4.93. The SMILES string of the molecule is CC(=O)N1CCc2cc(Cl)c(S(=O)Nc3cnccn3)cc21. The number of nitrogens with zero attached hydrogens (tertiary/aromatic N) is 3. The Kier molecular flexibility index (Phi) is 4.08. The average Bonchev–Trinajstić information content (AvgIpc) is 2.90. The number of aromatic nitrogens is 2. The first kappa shape index (κ1) is 14.9. The van der Waals surface area contributed by atoms with Crippen molar-refractivity contribution in [2.24, 2.45) is 0 Å². The summed E-state index contributed by atoms with van der Waals surface area (Å²) in [5.41, 5.74) is 1.75. The number of hydrogen-bond acceptors (Lipinski definition) is 4. The molecule has 1 aromatic heterocycles. The molecule has 1 aliphatic rings. The predicted molar refractivity (Wildman–Crippen MR) is 85.2 cm³/mol. The van der Waals surface area contributed by atoms with Crippen LogP contribution in [0.4, 0.5) is 11.5 Å². The molecule has 2 heterocycles. The van der Waals surface area contributed by atoms with Crippen LogP contribution in [0.25, 0.3) is 0 Å². The number of rotatable bonds is 3. The van der Waals surface area contributed by atoms with Gasteiger partial charge in [0.2, 0.25) is 5.91 Å². The number of nitrogens with one attached hydrogen (secondary N) is 1. The highest BCUT2D eigenvalue weighted by Gasteiger charge is 2.25. The molecule has 2 aromatic rings. The summed E-state index contributed by atoms with van der Waals surface area (Å²) in [6, 6.07) is 3.47. The number of hydrogen-bond donors (Lipinski definition) is 1. The van der Waals surface area contributed by atoms with Gasteiger partial charge < -0.3 is 4.90 Å². The molecule has 0 spiro atoms. The Morgan fingerprint density at radius 3 is 2.91 bits per heavy atom. The monoisotopic (exact) mass is 336 g/mol. The summed E-state index contributed by atoms with van der Waals surface area (Å²) in [4.78, 5) is 21.6. The molecule has 22 heavy (non-hydrogen) atoms. The third kappa shape index (κ3) is 2.82. The molecule has 1 atom stereocenters. The van der Waals surface area contributed by atoms with E-state index < -0.39 is 11.0 Å². The molecule has 114 valence electrons. The van der Waals surface area contributed by atoms with E-state index in [0.717, 1.165) is 17.7 Å². The first-order chi connectivity index (χ1) is 10.6. The summed E-state index contributed by atoms with van der Waals surface area (Å²) in [6.07, 6.45) is 5.25. The lowest BCUT2D eigenvalue weighted by atomic mass is 10.2. The summed E-state index contributed by atoms with van der Waals surface area (Å²) >= 11 is 6.22. The molecule has 0 fully saturated rings. The zero-order valence-electron chi connectivity index (χ0n) is 11.7. The molecule has 1 aliphatic heterocycles. The molecule has 1 amide bonds. The van der Waals surface area contributed by atoms with Crippen molar-refractivity contribution in [3.05, 3.63) is 41.3 Å². The van der Waals surface area contributed by atoms with Gasteiger partial charge in [0.25, 0.3) is 0 Å². The lowest BCUT2D eigenvalue weighted by molar-refractivity contribution is -0.116. The van der Waals surface area contributed by atoms with Gasteiger partial charge in [-0.1, -0.05) is 11.6 Å². The Morgan fingerprint density at radius 2 is 2.23 bits per heavy atom. The van der Waals surface area contributed by atoms with Gasteiger partial charge in [0.1, 0.15) is 0 Å². The minimum atomic E-state index is -1.59. The number of carbonyl (C=O) groups excluding carboxylic acids is 1. The fourth-order valence-electron chi connectivity index (χ4n) is 2.36. The van der Waals surface area contributed by atoms with Crippen molar-refractivity contribution >= 4 is 40.0 Å². The van der Waals surface area contributed by atoms with Crippen LogP contribution in [-0.4, -0.2) is 26.6 Å². The van der Waals surface area contributed by atoms with Gasteiger partial charge in [-0.05, 0) is 24.1 Å². The highest BCUT2D eigenvalue weighted by molar-refractivity contribution is 7.86. The van der Waals surface area contributed by atoms with Crippen LogP contribution in [0.1, 0.15) is 12.5 Å². The van der Waals surface area contributed by atoms with Crippen molar-refractivity contribution in [2.75, 3.05) is 16.2 Å². The highest BCUT2D eigenvalue weighted by Crippen LogP contribution is 2.34. The Balaban J connectivity index is 1.93. The second-order valence-corrected chi connectivity index (χ2v) is 6.38. The van der Waals surface area contributed by atoms with Crippen LogP contribution in [-0.2, 0) is 22.2 Å². The summed E-state index contributed by atoms with van der Waals surface area (Å²) in [5.74, 6) is 0.348. The maximum Gasteiger partial charge on any atom is 0.223 e. The number of anilines is 2. The van der Waals surface area contributed by atoms with Crippen molar-refractivity contribution in [3.63, 3.8) is 0 Å². The molecule has 1 aromatic carbocycles. The first-order valence-electron chi connectivity index (χ1n) is 6.61. The van der Waals surface area contributed by atoms with Gasteiger partial charge >= 0.3 is 0 Å². The van der Waals surface area contributed by atoms with Crippen LogP contribution >= 0.6 is 11.6 Å². The topological polar surface area (TPSA) is 75.2 Å². The molecule has 0 bridgehead atoms. The lowest BCUT2D eigenvalue weighted by Gasteiger charge is -2.16. The molecular formula is C14H13ClN4O2S. The van der Waals surface area contributed by atoms with E-state index in [-0.39, 0.29) is 5.91 Å². The molecule has 6 nitrogen and oxygen atoms in total. The Labute approximate surface area is 135 Å². The van der Waals surface area contributed by atoms with Gasteiger partial charge in [-0.25, -0.2) is 9.19 Å². The number of amides is 1. The van der Waals surface area contributed by atoms with Crippen molar-refractivity contribution in [3.8, 4) is 0 Å². The predicted octanol–water partition coefficient (Wildman–Crippen LogP) is 2.17. The molecule has 8 heteroatoms. The van der Waals surface area contributed by atoms with Gasteiger partial charge in [0.05, 0.1) is 16.1 Å². The van der Waals surface area contributed by atoms with Gasteiger partial charge in [0.15, 0.2) is 16.8 Å². The van der Waals surface area contributed by atoms with E-state index in [0.29, 0.717) is 22.3 Å². The maximum atomic E-state index is 12.5. The third-order valence-electron chi connectivity index (χ3n) is 3.37. The zero-order valence-corrected chi connectivity index (χ0v) is 13.3. The number of halogens is 1. The summed E-state index contributed by atoms with van der Waals surface area (Å²) < 4.78 is 15.2. The Bertz CT molecular complexity index is 754. The van der Waals surface area contributed by atoms with Crippen molar-refractivity contribution < 1.29 is 9.00 Å². The number of benzene rings is 1. The highest BCUT2D eigenvalue weighted by atomic mass is 35.5. The standard InChI is InChI=1S/C14H13ClN4O2S/c1-9(20)19-5-2-10-6-11(15)13(7-12(10)19)22(21)18-14-8-16-3-4-17-14/h3-4,6-8H,2,5H2,1H3,(H,17,18). The van der Waals surface area contributed by atoms with E-state index in [2.05, 4.69) is 14.7 Å². The fourth-order valence-corrected chi connectivity index (χ4v) is 3.62. The zero-order chi connectivity index (χ0) is 15.7. The van der Waals surface area contributed by atoms with Crippen LogP contribution in [0.3, 0.4) is 0 Å². The Hall–Kier alpha value is -1.99. The second-order valence-electron chi connectivity index (χ2n) is 4.79. The Morgan fingerprint density at radius 1 is 1.41 bits per heavy atom. The van der Waals surface area contributed by atoms with Gasteiger partial charge in [-0.15, -0.1) is 0 Å². The van der Waals surface area contributed by atoms with Crippen LogP contribution in [0.15, 0.2) is 35.6 Å². The molecular weight excluding hydrogens is 324 g/mol. The van der Waals surface area contributed by atoms with Gasteiger partial charge in [0, 0.05) is 31.5 Å². The summed E-state index contributed by atoms with van der Waals surface area (Å²) in [5, 5.41) is 0.402. The molecule has 3 rings (SSSR count). The van der Waals surface area contributed by atoms with E-state index in [1.54, 1.807) is 17.0 Å². The minimum Gasteiger partial charge on any atom is -0.312 e. The molecule has 0 saturated carbocycles. The molecule has 0 radical (unpaired) electrons. The van der Waals surface area contributed by atoms with E-state index in [9.17, 15) is 9.00 Å². The minimum absolute atomic E-state index is 0.0420. The van der Waals surface area contributed by atoms with Gasteiger partial charge in [-0.2, -0.15) is 0 Å². The average molecular weight is 337 g/mol. The fraction of sp³-hybridized carbons (Fsp3) is 0.214. The van der Waals surface area contributed by atoms with Crippen molar-refractivity contribution in [1.82, 2.24) is 9.97 Å². The van der Waals surface area contributed by atoms with E-state index in [1.165, 1.54) is 25.5 Å². The maximum absolute atomic E-state index is 12.5. The number of fused-ring (bicyclic) bond motifs is 1. The molecule has 0 aliphatic carbocycles. The van der Waals surface area contributed by atoms with Crippen LogP contribution in [0.5, 0.6) is 0 Å². The number of carbonyl (C=O) groups is 1. The van der Waals surface area contributed by atoms with E-state index in [4.69, 9.17) is 11.6 Å².